The number of aryl methyl sites for hydroxylation is 1. The van der Waals surface area contributed by atoms with Crippen LogP contribution in [0.5, 0.6) is 0 Å². The van der Waals surface area contributed by atoms with E-state index in [1.807, 2.05) is 4.90 Å². The summed E-state index contributed by atoms with van der Waals surface area (Å²) in [7, 11) is 0. The Morgan fingerprint density at radius 1 is 1.55 bits per heavy atom. The summed E-state index contributed by atoms with van der Waals surface area (Å²) < 4.78 is 4.91. The number of amides is 1. The molecule has 1 fully saturated rings. The first-order chi connectivity index (χ1) is 9.63. The van der Waals surface area contributed by atoms with Gasteiger partial charge in [0.25, 0.3) is 0 Å². The van der Waals surface area contributed by atoms with Gasteiger partial charge in [0.2, 0.25) is 5.91 Å². The van der Waals surface area contributed by atoms with E-state index < -0.39 is 0 Å². The summed E-state index contributed by atoms with van der Waals surface area (Å²) in [6, 6.07) is 2.08. The van der Waals surface area contributed by atoms with Crippen molar-refractivity contribution in [2.24, 2.45) is 0 Å². The summed E-state index contributed by atoms with van der Waals surface area (Å²) in [5.41, 5.74) is 1.23. The fourth-order valence-electron chi connectivity index (χ4n) is 2.18. The van der Waals surface area contributed by atoms with Gasteiger partial charge in [-0.05, 0) is 37.3 Å². The van der Waals surface area contributed by atoms with Crippen molar-refractivity contribution < 1.29 is 14.3 Å². The van der Waals surface area contributed by atoms with Crippen molar-refractivity contribution in [3.05, 3.63) is 21.9 Å². The molecule has 2 heterocycles. The Labute approximate surface area is 127 Å². The van der Waals surface area contributed by atoms with Crippen molar-refractivity contribution in [3.63, 3.8) is 0 Å². The van der Waals surface area contributed by atoms with Crippen molar-refractivity contribution in [3.8, 4) is 0 Å². The van der Waals surface area contributed by atoms with Crippen LogP contribution in [0.2, 0.25) is 0 Å². The normalized spacial score (nSPS) is 18.6. The molecule has 0 bridgehead atoms. The molecule has 1 saturated heterocycles. The molecule has 1 aromatic rings. The van der Waals surface area contributed by atoms with E-state index in [9.17, 15) is 9.59 Å². The molecule has 110 valence electrons. The quantitative estimate of drug-likeness (QED) is 0.758. The molecule has 1 unspecified atom stereocenters. The summed E-state index contributed by atoms with van der Waals surface area (Å²) in [6.45, 7) is 4.90. The standard InChI is InChI=1S/C14H19NO3S2/c1-3-18-12(17)5-4-7-15-11(16)9-20-14(15)13-10(2)6-8-19-13/h6,8,14H,3-5,7,9H2,1-2H3. The van der Waals surface area contributed by atoms with Crippen LogP contribution in [0.25, 0.3) is 0 Å². The van der Waals surface area contributed by atoms with E-state index >= 15 is 0 Å². The minimum absolute atomic E-state index is 0.115. The summed E-state index contributed by atoms with van der Waals surface area (Å²) in [6.07, 6.45) is 1.03. The molecule has 1 aliphatic rings. The predicted octanol–water partition coefficient (Wildman–Crippen LogP) is 2.97. The Morgan fingerprint density at radius 3 is 3.00 bits per heavy atom. The molecular weight excluding hydrogens is 294 g/mol. The maximum absolute atomic E-state index is 12.0. The zero-order valence-electron chi connectivity index (χ0n) is 11.8. The lowest BCUT2D eigenvalue weighted by Gasteiger charge is -2.23. The molecule has 1 atom stereocenters. The zero-order valence-corrected chi connectivity index (χ0v) is 13.4. The predicted molar refractivity (Wildman–Crippen MR) is 81.8 cm³/mol. The molecule has 1 aliphatic heterocycles. The first kappa shape index (κ1) is 15.4. The topological polar surface area (TPSA) is 46.6 Å². The molecule has 1 amide bonds. The maximum atomic E-state index is 12.0. The highest BCUT2D eigenvalue weighted by molar-refractivity contribution is 8.00. The van der Waals surface area contributed by atoms with E-state index in [2.05, 4.69) is 18.4 Å². The summed E-state index contributed by atoms with van der Waals surface area (Å²) in [5.74, 6) is 0.508. The highest BCUT2D eigenvalue weighted by atomic mass is 32.2. The Bertz CT molecular complexity index is 487. The fourth-order valence-corrected chi connectivity index (χ4v) is 4.67. The Kier molecular flexibility index (Phi) is 5.48. The maximum Gasteiger partial charge on any atom is 0.305 e. The molecule has 20 heavy (non-hydrogen) atoms. The van der Waals surface area contributed by atoms with Gasteiger partial charge >= 0.3 is 5.97 Å². The van der Waals surface area contributed by atoms with Crippen LogP contribution in [0, 0.1) is 6.92 Å². The molecule has 0 N–H and O–H groups in total. The number of nitrogens with zero attached hydrogens (tertiary/aromatic N) is 1. The van der Waals surface area contributed by atoms with Crippen molar-refractivity contribution >= 4 is 35.0 Å². The van der Waals surface area contributed by atoms with E-state index in [4.69, 9.17) is 4.74 Å². The lowest BCUT2D eigenvalue weighted by Crippen LogP contribution is -2.29. The van der Waals surface area contributed by atoms with Gasteiger partial charge < -0.3 is 9.64 Å². The third-order valence-electron chi connectivity index (χ3n) is 3.18. The highest BCUT2D eigenvalue weighted by Crippen LogP contribution is 2.42. The third-order valence-corrected chi connectivity index (χ3v) is 5.62. The van der Waals surface area contributed by atoms with Crippen LogP contribution < -0.4 is 0 Å². The zero-order chi connectivity index (χ0) is 14.5. The summed E-state index contributed by atoms with van der Waals surface area (Å²) >= 11 is 3.36. The molecule has 0 aromatic carbocycles. The second-order valence-corrected chi connectivity index (χ2v) is 6.64. The van der Waals surface area contributed by atoms with Crippen molar-refractivity contribution in [2.45, 2.75) is 32.1 Å². The minimum atomic E-state index is -0.185. The van der Waals surface area contributed by atoms with Gasteiger partial charge in [0.15, 0.2) is 0 Å². The van der Waals surface area contributed by atoms with Gasteiger partial charge in [-0.15, -0.1) is 23.1 Å². The van der Waals surface area contributed by atoms with Crippen molar-refractivity contribution in [1.82, 2.24) is 4.90 Å². The van der Waals surface area contributed by atoms with E-state index in [1.165, 1.54) is 10.4 Å². The van der Waals surface area contributed by atoms with Gasteiger partial charge in [-0.1, -0.05) is 0 Å². The lowest BCUT2D eigenvalue weighted by molar-refractivity contribution is -0.143. The Hall–Kier alpha value is -1.01. The molecule has 1 aromatic heterocycles. The van der Waals surface area contributed by atoms with E-state index in [0.717, 1.165) is 0 Å². The van der Waals surface area contributed by atoms with Crippen LogP contribution in [0.4, 0.5) is 0 Å². The van der Waals surface area contributed by atoms with Crippen LogP contribution in [0.1, 0.15) is 35.6 Å². The van der Waals surface area contributed by atoms with Crippen LogP contribution >= 0.6 is 23.1 Å². The van der Waals surface area contributed by atoms with E-state index in [1.54, 1.807) is 30.0 Å². The average molecular weight is 313 g/mol. The number of rotatable bonds is 6. The second-order valence-electron chi connectivity index (χ2n) is 4.63. The number of thioether (sulfide) groups is 1. The van der Waals surface area contributed by atoms with Crippen LogP contribution in [-0.4, -0.2) is 35.7 Å². The van der Waals surface area contributed by atoms with Gasteiger partial charge in [0.05, 0.1) is 12.4 Å². The molecule has 0 spiro atoms. The SMILES string of the molecule is CCOC(=O)CCCN1C(=O)CSC1c1sccc1C. The average Bonchev–Trinajstić information content (AvgIpc) is 2.97. The minimum Gasteiger partial charge on any atom is -0.466 e. The number of hydrogen-bond acceptors (Lipinski definition) is 5. The Morgan fingerprint density at radius 2 is 2.35 bits per heavy atom. The molecule has 0 aliphatic carbocycles. The van der Waals surface area contributed by atoms with Crippen LogP contribution in [-0.2, 0) is 14.3 Å². The number of esters is 1. The molecule has 6 heteroatoms. The fraction of sp³-hybridized carbons (Fsp3) is 0.571. The first-order valence-corrected chi connectivity index (χ1v) is 8.67. The number of thiophene rings is 1. The van der Waals surface area contributed by atoms with E-state index in [0.29, 0.717) is 31.7 Å². The van der Waals surface area contributed by atoms with Gasteiger partial charge in [-0.2, -0.15) is 0 Å². The number of carbonyl (C=O) groups excluding carboxylic acids is 2. The Balaban J connectivity index is 1.93. The van der Waals surface area contributed by atoms with Crippen molar-refractivity contribution in [2.75, 3.05) is 18.9 Å². The molecule has 0 saturated carbocycles. The molecule has 2 rings (SSSR count). The second kappa shape index (κ2) is 7.13. The van der Waals surface area contributed by atoms with Crippen LogP contribution in [0.15, 0.2) is 11.4 Å². The summed E-state index contributed by atoms with van der Waals surface area (Å²) in [4.78, 5) is 26.5. The molecule has 0 radical (unpaired) electrons. The van der Waals surface area contributed by atoms with Gasteiger partial charge in [-0.25, -0.2) is 0 Å². The van der Waals surface area contributed by atoms with Crippen molar-refractivity contribution in [1.29, 1.82) is 0 Å². The summed E-state index contributed by atoms with van der Waals surface area (Å²) in [5, 5.41) is 2.18. The van der Waals surface area contributed by atoms with Crippen LogP contribution in [0.3, 0.4) is 0 Å². The highest BCUT2D eigenvalue weighted by Gasteiger charge is 2.33. The number of ether oxygens (including phenoxy) is 1. The number of carbonyl (C=O) groups is 2. The molecule has 4 nitrogen and oxygen atoms in total. The third kappa shape index (κ3) is 3.55. The largest absolute Gasteiger partial charge is 0.466 e. The van der Waals surface area contributed by atoms with Gasteiger partial charge in [-0.3, -0.25) is 9.59 Å². The van der Waals surface area contributed by atoms with Gasteiger partial charge in [0.1, 0.15) is 5.37 Å². The first-order valence-electron chi connectivity index (χ1n) is 6.74. The monoisotopic (exact) mass is 313 g/mol. The van der Waals surface area contributed by atoms with Gasteiger partial charge in [0, 0.05) is 17.8 Å². The smallest absolute Gasteiger partial charge is 0.305 e. The lowest BCUT2D eigenvalue weighted by atomic mass is 10.2. The molecular formula is C14H19NO3S2. The van der Waals surface area contributed by atoms with E-state index in [-0.39, 0.29) is 17.3 Å². The number of hydrogen-bond donors (Lipinski definition) is 0.